The van der Waals surface area contributed by atoms with Crippen molar-refractivity contribution < 1.29 is 18.8 Å². The van der Waals surface area contributed by atoms with Crippen molar-refractivity contribution in [3.05, 3.63) is 64.0 Å². The first-order chi connectivity index (χ1) is 10.0. The number of anilines is 1. The minimum atomic E-state index is -0.827. The van der Waals surface area contributed by atoms with Crippen LogP contribution >= 0.6 is 0 Å². The van der Waals surface area contributed by atoms with Gasteiger partial charge in [0.2, 0.25) is 0 Å². The van der Waals surface area contributed by atoms with Crippen molar-refractivity contribution >= 4 is 17.3 Å². The summed E-state index contributed by atoms with van der Waals surface area (Å²) in [4.78, 5) is 21.9. The molecular formula is C14H11FN2O4. The highest BCUT2D eigenvalue weighted by molar-refractivity contribution is 6.04. The summed E-state index contributed by atoms with van der Waals surface area (Å²) in [5.41, 5.74) is -0.317. The first-order valence-electron chi connectivity index (χ1n) is 5.90. The number of nitro groups is 1. The van der Waals surface area contributed by atoms with Gasteiger partial charge >= 0.3 is 0 Å². The number of methoxy groups -OCH3 is 1. The molecule has 1 N–H and O–H groups in total. The molecule has 0 heterocycles. The minimum Gasteiger partial charge on any atom is -0.497 e. The molecule has 0 aliphatic carbocycles. The molecule has 0 bridgehead atoms. The lowest BCUT2D eigenvalue weighted by Crippen LogP contribution is -2.14. The number of carbonyl (C=O) groups excluding carboxylic acids is 1. The van der Waals surface area contributed by atoms with E-state index in [2.05, 4.69) is 5.32 Å². The van der Waals surface area contributed by atoms with Gasteiger partial charge in [-0.1, -0.05) is 0 Å². The molecule has 7 heteroatoms. The van der Waals surface area contributed by atoms with Gasteiger partial charge in [0.25, 0.3) is 11.6 Å². The number of nitrogens with one attached hydrogen (secondary N) is 1. The maximum atomic E-state index is 13.6. The highest BCUT2D eigenvalue weighted by atomic mass is 19.1. The number of hydrogen-bond donors (Lipinski definition) is 1. The number of amides is 1. The molecule has 0 aliphatic rings. The zero-order valence-corrected chi connectivity index (χ0v) is 11.0. The molecule has 0 fully saturated rings. The number of halogens is 1. The number of carbonyl (C=O) groups is 1. The Labute approximate surface area is 119 Å². The number of ether oxygens (including phenoxy) is 1. The van der Waals surface area contributed by atoms with Crippen LogP contribution in [0.15, 0.2) is 42.5 Å². The van der Waals surface area contributed by atoms with E-state index in [9.17, 15) is 19.3 Å². The molecule has 0 aromatic heterocycles. The standard InChI is InChI=1S/C14H11FN2O4/c1-21-11-5-2-9(3-6-11)16-14(18)12-8-10(17(19)20)4-7-13(12)15/h2-8H,1H3,(H,16,18). The summed E-state index contributed by atoms with van der Waals surface area (Å²) in [5.74, 6) is -0.984. The number of nitrogens with zero attached hydrogens (tertiary/aromatic N) is 1. The first kappa shape index (κ1) is 14.4. The molecule has 21 heavy (non-hydrogen) atoms. The lowest BCUT2D eigenvalue weighted by Gasteiger charge is -2.07. The Morgan fingerprint density at radius 1 is 1.24 bits per heavy atom. The van der Waals surface area contributed by atoms with E-state index < -0.39 is 16.6 Å². The molecule has 0 aliphatic heterocycles. The monoisotopic (exact) mass is 290 g/mol. The molecule has 108 valence electrons. The molecular weight excluding hydrogens is 279 g/mol. The quantitative estimate of drug-likeness (QED) is 0.693. The van der Waals surface area contributed by atoms with Gasteiger partial charge < -0.3 is 10.1 Å². The van der Waals surface area contributed by atoms with Crippen LogP contribution in [0, 0.1) is 15.9 Å². The van der Waals surface area contributed by atoms with E-state index in [1.165, 1.54) is 7.11 Å². The first-order valence-corrected chi connectivity index (χ1v) is 5.90. The summed E-state index contributed by atoms with van der Waals surface area (Å²) in [6.45, 7) is 0. The highest BCUT2D eigenvalue weighted by Crippen LogP contribution is 2.19. The zero-order chi connectivity index (χ0) is 15.4. The van der Waals surface area contributed by atoms with Gasteiger partial charge in [0.1, 0.15) is 11.6 Å². The van der Waals surface area contributed by atoms with Crippen LogP contribution in [0.1, 0.15) is 10.4 Å². The van der Waals surface area contributed by atoms with Gasteiger partial charge in [0.05, 0.1) is 17.6 Å². The van der Waals surface area contributed by atoms with E-state index in [1.807, 2.05) is 0 Å². The minimum absolute atomic E-state index is 0.351. The molecule has 2 aromatic carbocycles. The van der Waals surface area contributed by atoms with Crippen LogP contribution in [0.25, 0.3) is 0 Å². The number of rotatable bonds is 4. The fourth-order valence-electron chi connectivity index (χ4n) is 1.67. The molecule has 6 nitrogen and oxygen atoms in total. The van der Waals surface area contributed by atoms with E-state index >= 15 is 0 Å². The topological polar surface area (TPSA) is 81.5 Å². The maximum absolute atomic E-state index is 13.6. The lowest BCUT2D eigenvalue weighted by molar-refractivity contribution is -0.384. The number of hydrogen-bond acceptors (Lipinski definition) is 4. The Bertz CT molecular complexity index is 686. The Morgan fingerprint density at radius 2 is 1.90 bits per heavy atom. The van der Waals surface area contributed by atoms with Gasteiger partial charge in [-0.25, -0.2) is 4.39 Å². The van der Waals surface area contributed by atoms with E-state index in [1.54, 1.807) is 24.3 Å². The van der Waals surface area contributed by atoms with Crippen LogP contribution < -0.4 is 10.1 Å². The molecule has 2 rings (SSSR count). The summed E-state index contributed by atoms with van der Waals surface area (Å²) in [5, 5.41) is 13.1. The van der Waals surface area contributed by atoms with Crippen molar-refractivity contribution in [2.24, 2.45) is 0 Å². The van der Waals surface area contributed by atoms with Gasteiger partial charge in [-0.2, -0.15) is 0 Å². The fourth-order valence-corrected chi connectivity index (χ4v) is 1.67. The van der Waals surface area contributed by atoms with Crippen molar-refractivity contribution in [2.45, 2.75) is 0 Å². The molecule has 0 atom stereocenters. The summed E-state index contributed by atoms with van der Waals surface area (Å²) in [6.07, 6.45) is 0. The maximum Gasteiger partial charge on any atom is 0.270 e. The summed E-state index contributed by atoms with van der Waals surface area (Å²) >= 11 is 0. The number of benzene rings is 2. The van der Waals surface area contributed by atoms with Crippen LogP contribution in [0.2, 0.25) is 0 Å². The third-order valence-corrected chi connectivity index (χ3v) is 2.75. The fraction of sp³-hybridized carbons (Fsp3) is 0.0714. The third-order valence-electron chi connectivity index (χ3n) is 2.75. The normalized spacial score (nSPS) is 10.0. The van der Waals surface area contributed by atoms with Gasteiger partial charge in [-0.3, -0.25) is 14.9 Å². The van der Waals surface area contributed by atoms with Crippen LogP contribution in [-0.2, 0) is 0 Å². The Kier molecular flexibility index (Phi) is 4.13. The molecule has 2 aromatic rings. The largest absolute Gasteiger partial charge is 0.497 e. The van der Waals surface area contributed by atoms with Crippen LogP contribution in [0.3, 0.4) is 0 Å². The second-order valence-corrected chi connectivity index (χ2v) is 4.10. The molecule has 1 amide bonds. The Morgan fingerprint density at radius 3 is 2.48 bits per heavy atom. The average Bonchev–Trinajstić information content (AvgIpc) is 2.48. The summed E-state index contributed by atoms with van der Waals surface area (Å²) in [6, 6.07) is 9.19. The van der Waals surface area contributed by atoms with Gasteiger partial charge in [0, 0.05) is 17.8 Å². The van der Waals surface area contributed by atoms with Crippen LogP contribution in [-0.4, -0.2) is 17.9 Å². The molecule has 0 unspecified atom stereocenters. The lowest BCUT2D eigenvalue weighted by atomic mass is 10.1. The van der Waals surface area contributed by atoms with E-state index in [0.717, 1.165) is 18.2 Å². The molecule has 0 saturated heterocycles. The Hall–Kier alpha value is -2.96. The van der Waals surface area contributed by atoms with Crippen molar-refractivity contribution in [1.29, 1.82) is 0 Å². The molecule has 0 radical (unpaired) electrons. The van der Waals surface area contributed by atoms with Gasteiger partial charge in [-0.05, 0) is 30.3 Å². The van der Waals surface area contributed by atoms with Crippen molar-refractivity contribution in [2.75, 3.05) is 12.4 Å². The van der Waals surface area contributed by atoms with Crippen molar-refractivity contribution in [3.8, 4) is 5.75 Å². The SMILES string of the molecule is COc1ccc(NC(=O)c2cc([N+](=O)[O-])ccc2F)cc1. The summed E-state index contributed by atoms with van der Waals surface area (Å²) in [7, 11) is 1.51. The summed E-state index contributed by atoms with van der Waals surface area (Å²) < 4.78 is 18.6. The number of non-ortho nitro benzene ring substituents is 1. The number of nitro benzene ring substituents is 1. The smallest absolute Gasteiger partial charge is 0.270 e. The Balaban J connectivity index is 2.23. The van der Waals surface area contributed by atoms with Crippen LogP contribution in [0.5, 0.6) is 5.75 Å². The molecule has 0 saturated carbocycles. The van der Waals surface area contributed by atoms with E-state index in [-0.39, 0.29) is 11.3 Å². The third kappa shape index (κ3) is 3.33. The van der Waals surface area contributed by atoms with Gasteiger partial charge in [-0.15, -0.1) is 0 Å². The highest BCUT2D eigenvalue weighted by Gasteiger charge is 2.17. The van der Waals surface area contributed by atoms with Crippen molar-refractivity contribution in [1.82, 2.24) is 0 Å². The second-order valence-electron chi connectivity index (χ2n) is 4.10. The van der Waals surface area contributed by atoms with Crippen molar-refractivity contribution in [3.63, 3.8) is 0 Å². The van der Waals surface area contributed by atoms with E-state index in [0.29, 0.717) is 11.4 Å². The van der Waals surface area contributed by atoms with Crippen LogP contribution in [0.4, 0.5) is 15.8 Å². The predicted octanol–water partition coefficient (Wildman–Crippen LogP) is 2.99. The molecule has 0 spiro atoms. The average molecular weight is 290 g/mol. The predicted molar refractivity (Wildman–Crippen MR) is 74.0 cm³/mol. The van der Waals surface area contributed by atoms with E-state index in [4.69, 9.17) is 4.74 Å². The van der Waals surface area contributed by atoms with Gasteiger partial charge in [0.15, 0.2) is 0 Å². The second kappa shape index (κ2) is 6.00. The zero-order valence-electron chi connectivity index (χ0n) is 11.0.